The highest BCUT2D eigenvalue weighted by Gasteiger charge is 2.23. The molecule has 4 aromatic rings. The highest BCUT2D eigenvalue weighted by molar-refractivity contribution is 8.02. The molecule has 1 amide bonds. The maximum Gasteiger partial charge on any atom is 0.238 e. The normalized spacial score (nSPS) is 12.0. The molecule has 28 heavy (non-hydrogen) atoms. The number of hydrogen-bond acceptors (Lipinski definition) is 4. The van der Waals surface area contributed by atoms with Gasteiger partial charge in [0.05, 0.1) is 10.2 Å². The van der Waals surface area contributed by atoms with Crippen molar-refractivity contribution in [3.05, 3.63) is 95.0 Å². The van der Waals surface area contributed by atoms with E-state index < -0.39 is 0 Å². The van der Waals surface area contributed by atoms with Gasteiger partial charge in [-0.2, -0.15) is 0 Å². The zero-order chi connectivity index (χ0) is 19.3. The summed E-state index contributed by atoms with van der Waals surface area (Å²) in [5.74, 6) is -0.0302. The Hall–Kier alpha value is -2.34. The zero-order valence-electron chi connectivity index (χ0n) is 14.8. The second-order valence-electron chi connectivity index (χ2n) is 6.20. The van der Waals surface area contributed by atoms with E-state index in [9.17, 15) is 4.79 Å². The van der Waals surface area contributed by atoms with Crippen LogP contribution in [0.1, 0.15) is 16.4 Å². The van der Waals surface area contributed by atoms with Crippen molar-refractivity contribution >= 4 is 50.8 Å². The molecule has 140 valence electrons. The topological polar surface area (TPSA) is 42.0 Å². The quantitative estimate of drug-likeness (QED) is 0.380. The lowest BCUT2D eigenvalue weighted by molar-refractivity contribution is -0.120. The predicted octanol–water partition coefficient (Wildman–Crippen LogP) is 6.10. The molecule has 6 heteroatoms. The number of rotatable bonds is 6. The average Bonchev–Trinajstić information content (AvgIpc) is 3.13. The molecule has 0 saturated carbocycles. The van der Waals surface area contributed by atoms with Gasteiger partial charge in [0, 0.05) is 11.6 Å². The maximum absolute atomic E-state index is 13.0. The third kappa shape index (κ3) is 4.55. The van der Waals surface area contributed by atoms with Crippen molar-refractivity contribution < 1.29 is 4.79 Å². The summed E-state index contributed by atoms with van der Waals surface area (Å²) in [6.45, 7) is 0.499. The molecule has 3 aromatic carbocycles. The summed E-state index contributed by atoms with van der Waals surface area (Å²) >= 11 is 9.12. The van der Waals surface area contributed by atoms with E-state index in [-0.39, 0.29) is 11.2 Å². The van der Waals surface area contributed by atoms with Crippen LogP contribution in [0.3, 0.4) is 0 Å². The molecule has 0 aliphatic rings. The van der Waals surface area contributed by atoms with Crippen LogP contribution in [-0.2, 0) is 11.3 Å². The Morgan fingerprint density at radius 3 is 2.50 bits per heavy atom. The summed E-state index contributed by atoms with van der Waals surface area (Å²) in [6.07, 6.45) is 0. The number of thiazole rings is 1. The van der Waals surface area contributed by atoms with Crippen LogP contribution in [0.25, 0.3) is 10.2 Å². The van der Waals surface area contributed by atoms with Gasteiger partial charge in [0.1, 0.15) is 5.25 Å². The van der Waals surface area contributed by atoms with Gasteiger partial charge in [-0.3, -0.25) is 4.79 Å². The van der Waals surface area contributed by atoms with Crippen LogP contribution in [0.2, 0.25) is 5.02 Å². The van der Waals surface area contributed by atoms with E-state index in [0.717, 1.165) is 25.7 Å². The molecule has 0 radical (unpaired) electrons. The Kier molecular flexibility index (Phi) is 5.95. The number of thioether (sulfide) groups is 1. The Labute approximate surface area is 176 Å². The highest BCUT2D eigenvalue weighted by atomic mass is 35.5. The molecule has 3 nitrogen and oxygen atoms in total. The molecule has 1 atom stereocenters. The van der Waals surface area contributed by atoms with E-state index in [2.05, 4.69) is 10.3 Å². The number of benzene rings is 3. The van der Waals surface area contributed by atoms with Crippen LogP contribution in [0.15, 0.2) is 83.2 Å². The van der Waals surface area contributed by atoms with Gasteiger partial charge in [-0.1, -0.05) is 84.0 Å². The van der Waals surface area contributed by atoms with E-state index in [1.807, 2.05) is 78.9 Å². The van der Waals surface area contributed by atoms with Crippen molar-refractivity contribution in [2.24, 2.45) is 0 Å². The number of amides is 1. The van der Waals surface area contributed by atoms with E-state index >= 15 is 0 Å². The summed E-state index contributed by atoms with van der Waals surface area (Å²) < 4.78 is 1.91. The highest BCUT2D eigenvalue weighted by Crippen LogP contribution is 2.39. The number of carbonyl (C=O) groups is 1. The minimum Gasteiger partial charge on any atom is -0.351 e. The molecule has 0 bridgehead atoms. The summed E-state index contributed by atoms with van der Waals surface area (Å²) in [7, 11) is 0. The third-order valence-electron chi connectivity index (χ3n) is 4.20. The molecular formula is C22H17ClN2OS2. The van der Waals surface area contributed by atoms with Crippen molar-refractivity contribution in [2.45, 2.75) is 16.1 Å². The van der Waals surface area contributed by atoms with E-state index in [0.29, 0.717) is 11.6 Å². The smallest absolute Gasteiger partial charge is 0.238 e. The Morgan fingerprint density at radius 1 is 1.04 bits per heavy atom. The minimum atomic E-state index is -0.374. The van der Waals surface area contributed by atoms with Gasteiger partial charge in [0.2, 0.25) is 5.91 Å². The van der Waals surface area contributed by atoms with Gasteiger partial charge in [-0.05, 0) is 29.3 Å². The largest absolute Gasteiger partial charge is 0.351 e. The summed E-state index contributed by atoms with van der Waals surface area (Å²) in [5, 5.41) is 3.34. The lowest BCUT2D eigenvalue weighted by Gasteiger charge is -2.16. The first-order valence-electron chi connectivity index (χ1n) is 8.78. The molecule has 0 spiro atoms. The average molecular weight is 425 g/mol. The predicted molar refractivity (Wildman–Crippen MR) is 118 cm³/mol. The number of aromatic nitrogens is 1. The number of halogens is 1. The Balaban J connectivity index is 1.57. The molecule has 4 rings (SSSR count). The molecule has 0 aliphatic carbocycles. The van der Waals surface area contributed by atoms with Crippen LogP contribution in [-0.4, -0.2) is 10.9 Å². The lowest BCUT2D eigenvalue weighted by Crippen LogP contribution is -2.27. The second-order valence-corrected chi connectivity index (χ2v) is 9.02. The molecular weight excluding hydrogens is 408 g/mol. The molecule has 1 N–H and O–H groups in total. The van der Waals surface area contributed by atoms with Gasteiger partial charge in [0.15, 0.2) is 4.34 Å². The lowest BCUT2D eigenvalue weighted by atomic mass is 10.1. The van der Waals surface area contributed by atoms with Gasteiger partial charge in [-0.25, -0.2) is 4.98 Å². The van der Waals surface area contributed by atoms with E-state index in [4.69, 9.17) is 11.6 Å². The number of nitrogens with zero attached hydrogens (tertiary/aromatic N) is 1. The summed E-state index contributed by atoms with van der Waals surface area (Å²) in [6, 6.07) is 25.4. The second kappa shape index (κ2) is 8.78. The molecule has 0 aliphatic heterocycles. The number of nitrogens with one attached hydrogen (secondary N) is 1. The fourth-order valence-corrected chi connectivity index (χ4v) is 5.24. The van der Waals surface area contributed by atoms with Crippen LogP contribution < -0.4 is 5.32 Å². The first-order valence-corrected chi connectivity index (χ1v) is 10.9. The molecule has 1 aromatic heterocycles. The standard InChI is InChI=1S/C22H17ClN2OS2/c23-17-11-12-19-18(13-17)25-22(27-19)28-20(16-9-5-2-6-10-16)21(26)24-14-15-7-3-1-4-8-15/h1-13,20H,14H2,(H,24,26). The minimum absolute atomic E-state index is 0.0302. The van der Waals surface area contributed by atoms with Crippen molar-refractivity contribution in [1.29, 1.82) is 0 Å². The monoisotopic (exact) mass is 424 g/mol. The Morgan fingerprint density at radius 2 is 1.75 bits per heavy atom. The molecule has 0 fully saturated rings. The molecule has 1 heterocycles. The first kappa shape index (κ1) is 19.0. The SMILES string of the molecule is O=C(NCc1ccccc1)C(Sc1nc2cc(Cl)ccc2s1)c1ccccc1. The number of fused-ring (bicyclic) bond motifs is 1. The van der Waals surface area contributed by atoms with Crippen molar-refractivity contribution in [1.82, 2.24) is 10.3 Å². The number of carbonyl (C=O) groups excluding carboxylic acids is 1. The van der Waals surface area contributed by atoms with Crippen LogP contribution in [0.5, 0.6) is 0 Å². The summed E-state index contributed by atoms with van der Waals surface area (Å²) in [4.78, 5) is 17.7. The van der Waals surface area contributed by atoms with Crippen LogP contribution in [0.4, 0.5) is 0 Å². The first-order chi connectivity index (χ1) is 13.7. The Bertz CT molecular complexity index is 1080. The van der Waals surface area contributed by atoms with Gasteiger partial charge < -0.3 is 5.32 Å². The van der Waals surface area contributed by atoms with Crippen LogP contribution >= 0.6 is 34.7 Å². The molecule has 1 unspecified atom stereocenters. The van der Waals surface area contributed by atoms with E-state index in [1.54, 1.807) is 11.3 Å². The van der Waals surface area contributed by atoms with Crippen LogP contribution in [0, 0.1) is 0 Å². The van der Waals surface area contributed by atoms with Crippen molar-refractivity contribution in [2.75, 3.05) is 0 Å². The third-order valence-corrected chi connectivity index (χ3v) is 6.82. The van der Waals surface area contributed by atoms with Crippen molar-refractivity contribution in [3.8, 4) is 0 Å². The van der Waals surface area contributed by atoms with Gasteiger partial charge in [0.25, 0.3) is 0 Å². The van der Waals surface area contributed by atoms with E-state index in [1.165, 1.54) is 11.8 Å². The maximum atomic E-state index is 13.0. The number of hydrogen-bond donors (Lipinski definition) is 1. The van der Waals surface area contributed by atoms with Gasteiger partial charge in [-0.15, -0.1) is 11.3 Å². The summed E-state index contributed by atoms with van der Waals surface area (Å²) in [5.41, 5.74) is 2.88. The van der Waals surface area contributed by atoms with Gasteiger partial charge >= 0.3 is 0 Å². The van der Waals surface area contributed by atoms with Crippen molar-refractivity contribution in [3.63, 3.8) is 0 Å². The fraction of sp³-hybridized carbons (Fsp3) is 0.0909. The fourth-order valence-electron chi connectivity index (χ4n) is 2.81. The molecule has 0 saturated heterocycles. The zero-order valence-corrected chi connectivity index (χ0v) is 17.2.